The SMILES string of the molecule is COC(=O)[C@](C)(N)C1CCCN1c1cccc2c1C(=O)c1ccccc1C2=O. The number of nitrogens with two attached hydrogens (primary N) is 1. The molecule has 1 fully saturated rings. The number of anilines is 1. The van der Waals surface area contributed by atoms with Gasteiger partial charge >= 0.3 is 5.97 Å². The van der Waals surface area contributed by atoms with E-state index in [0.29, 0.717) is 40.9 Å². The number of ether oxygens (including phenoxy) is 1. The van der Waals surface area contributed by atoms with Gasteiger partial charge in [-0.25, -0.2) is 4.79 Å². The standard InChI is InChI=1S/C22H22N2O4/c1-22(23,21(27)28-2)17-11-6-12-24(17)16-10-5-9-15-18(16)20(26)14-8-4-3-7-13(14)19(15)25/h3-5,7-10,17H,6,11-12,23H2,1-2H3/t17?,22-/m1/s1. The second-order valence-electron chi connectivity index (χ2n) is 7.53. The van der Waals surface area contributed by atoms with Crippen LogP contribution in [0.3, 0.4) is 0 Å². The number of fused-ring (bicyclic) bond motifs is 2. The largest absolute Gasteiger partial charge is 0.468 e. The van der Waals surface area contributed by atoms with Gasteiger partial charge in [0.25, 0.3) is 0 Å². The highest BCUT2D eigenvalue weighted by Gasteiger charge is 2.46. The zero-order chi connectivity index (χ0) is 20.1. The van der Waals surface area contributed by atoms with E-state index in [-0.39, 0.29) is 17.6 Å². The monoisotopic (exact) mass is 378 g/mol. The predicted octanol–water partition coefficient (Wildman–Crippen LogP) is 2.32. The molecule has 0 amide bonds. The quantitative estimate of drug-likeness (QED) is 0.704. The van der Waals surface area contributed by atoms with Crippen molar-refractivity contribution >= 4 is 23.2 Å². The summed E-state index contributed by atoms with van der Waals surface area (Å²) in [4.78, 5) is 40.5. The van der Waals surface area contributed by atoms with Gasteiger partial charge in [-0.15, -0.1) is 0 Å². The Morgan fingerprint density at radius 1 is 1.07 bits per heavy atom. The number of carbonyl (C=O) groups excluding carboxylic acids is 3. The lowest BCUT2D eigenvalue weighted by Gasteiger charge is -2.38. The average molecular weight is 378 g/mol. The summed E-state index contributed by atoms with van der Waals surface area (Å²) in [5.74, 6) is -0.837. The molecule has 0 saturated carbocycles. The lowest BCUT2D eigenvalue weighted by molar-refractivity contribution is -0.147. The Kier molecular flexibility index (Phi) is 4.31. The van der Waals surface area contributed by atoms with Crippen LogP contribution in [0.15, 0.2) is 42.5 Å². The van der Waals surface area contributed by atoms with Gasteiger partial charge in [0, 0.05) is 28.9 Å². The zero-order valence-corrected chi connectivity index (χ0v) is 15.9. The number of hydrogen-bond acceptors (Lipinski definition) is 6. The van der Waals surface area contributed by atoms with Gasteiger partial charge in [-0.1, -0.05) is 36.4 Å². The van der Waals surface area contributed by atoms with Crippen molar-refractivity contribution in [3.63, 3.8) is 0 Å². The summed E-state index contributed by atoms with van der Waals surface area (Å²) >= 11 is 0. The second kappa shape index (κ2) is 6.56. The van der Waals surface area contributed by atoms with Crippen molar-refractivity contribution in [2.45, 2.75) is 31.3 Å². The number of rotatable bonds is 3. The molecule has 6 heteroatoms. The molecular formula is C22H22N2O4. The lowest BCUT2D eigenvalue weighted by atomic mass is 9.82. The van der Waals surface area contributed by atoms with Crippen LogP contribution in [0.4, 0.5) is 5.69 Å². The van der Waals surface area contributed by atoms with Crippen LogP contribution in [0.2, 0.25) is 0 Å². The van der Waals surface area contributed by atoms with E-state index in [4.69, 9.17) is 10.5 Å². The minimum Gasteiger partial charge on any atom is -0.468 e. The average Bonchev–Trinajstić information content (AvgIpc) is 3.21. The maximum atomic E-state index is 13.3. The molecule has 1 saturated heterocycles. The van der Waals surface area contributed by atoms with E-state index in [1.165, 1.54) is 7.11 Å². The van der Waals surface area contributed by atoms with E-state index < -0.39 is 11.5 Å². The van der Waals surface area contributed by atoms with Crippen molar-refractivity contribution < 1.29 is 19.1 Å². The Morgan fingerprint density at radius 3 is 2.39 bits per heavy atom. The van der Waals surface area contributed by atoms with Gasteiger partial charge in [-0.05, 0) is 25.8 Å². The van der Waals surface area contributed by atoms with Gasteiger partial charge in [0.1, 0.15) is 5.54 Å². The molecular weight excluding hydrogens is 356 g/mol. The minimum absolute atomic E-state index is 0.161. The van der Waals surface area contributed by atoms with Gasteiger partial charge in [0.05, 0.1) is 18.7 Å². The van der Waals surface area contributed by atoms with Crippen LogP contribution >= 0.6 is 0 Å². The molecule has 1 heterocycles. The molecule has 0 bridgehead atoms. The fourth-order valence-electron chi connectivity index (χ4n) is 4.40. The van der Waals surface area contributed by atoms with Crippen LogP contribution in [-0.2, 0) is 9.53 Å². The number of benzene rings is 2. The Labute approximate surface area is 163 Å². The van der Waals surface area contributed by atoms with Crippen LogP contribution < -0.4 is 10.6 Å². The molecule has 0 aromatic heterocycles. The first kappa shape index (κ1) is 18.4. The normalized spacial score (nSPS) is 20.4. The molecule has 1 aliphatic heterocycles. The maximum absolute atomic E-state index is 13.3. The van der Waals surface area contributed by atoms with Gasteiger partial charge in [0.15, 0.2) is 11.6 Å². The smallest absolute Gasteiger partial charge is 0.327 e. The molecule has 1 aliphatic carbocycles. The van der Waals surface area contributed by atoms with Gasteiger partial charge in [-0.2, -0.15) is 0 Å². The van der Waals surface area contributed by atoms with Crippen molar-refractivity contribution in [2.75, 3.05) is 18.6 Å². The first-order valence-corrected chi connectivity index (χ1v) is 9.33. The summed E-state index contributed by atoms with van der Waals surface area (Å²) in [6, 6.07) is 11.8. The molecule has 144 valence electrons. The van der Waals surface area contributed by atoms with Gasteiger partial charge < -0.3 is 15.4 Å². The highest BCUT2D eigenvalue weighted by Crippen LogP contribution is 2.38. The molecule has 4 rings (SSSR count). The summed E-state index contributed by atoms with van der Waals surface area (Å²) in [6.07, 6.45) is 1.53. The molecule has 2 atom stereocenters. The van der Waals surface area contributed by atoms with E-state index in [0.717, 1.165) is 6.42 Å². The number of methoxy groups -OCH3 is 1. The van der Waals surface area contributed by atoms with Crippen LogP contribution in [0, 0.1) is 0 Å². The molecule has 0 radical (unpaired) electrons. The molecule has 1 unspecified atom stereocenters. The molecule has 6 nitrogen and oxygen atoms in total. The Hall–Kier alpha value is -2.99. The van der Waals surface area contributed by atoms with E-state index in [1.54, 1.807) is 43.3 Å². The molecule has 28 heavy (non-hydrogen) atoms. The lowest BCUT2D eigenvalue weighted by Crippen LogP contribution is -2.60. The van der Waals surface area contributed by atoms with E-state index >= 15 is 0 Å². The third-order valence-corrected chi connectivity index (χ3v) is 5.81. The van der Waals surface area contributed by atoms with E-state index in [1.807, 2.05) is 11.0 Å². The summed E-state index contributed by atoms with van der Waals surface area (Å²) in [5.41, 5.74) is 7.38. The molecule has 2 aromatic rings. The van der Waals surface area contributed by atoms with Crippen molar-refractivity contribution in [2.24, 2.45) is 5.73 Å². The zero-order valence-electron chi connectivity index (χ0n) is 15.9. The fraction of sp³-hybridized carbons (Fsp3) is 0.318. The summed E-state index contributed by atoms with van der Waals surface area (Å²) in [5, 5.41) is 0. The summed E-state index contributed by atoms with van der Waals surface area (Å²) < 4.78 is 4.90. The number of nitrogens with zero attached hydrogens (tertiary/aromatic N) is 1. The molecule has 2 N–H and O–H groups in total. The number of carbonyl (C=O) groups is 3. The molecule has 2 aliphatic rings. The minimum atomic E-state index is -1.23. The van der Waals surface area contributed by atoms with Crippen LogP contribution in [0.5, 0.6) is 0 Å². The number of hydrogen-bond donors (Lipinski definition) is 1. The van der Waals surface area contributed by atoms with Crippen LogP contribution in [0.1, 0.15) is 51.6 Å². The first-order valence-electron chi connectivity index (χ1n) is 9.33. The third-order valence-electron chi connectivity index (χ3n) is 5.81. The number of esters is 1. The van der Waals surface area contributed by atoms with E-state index in [9.17, 15) is 14.4 Å². The van der Waals surface area contributed by atoms with Crippen molar-refractivity contribution in [3.8, 4) is 0 Å². The highest BCUT2D eigenvalue weighted by molar-refractivity contribution is 6.30. The Morgan fingerprint density at radius 2 is 1.71 bits per heavy atom. The Balaban J connectivity index is 1.84. The van der Waals surface area contributed by atoms with E-state index in [2.05, 4.69) is 0 Å². The van der Waals surface area contributed by atoms with Crippen LogP contribution in [-0.4, -0.2) is 42.8 Å². The summed E-state index contributed by atoms with van der Waals surface area (Å²) in [7, 11) is 1.32. The maximum Gasteiger partial charge on any atom is 0.327 e. The predicted molar refractivity (Wildman–Crippen MR) is 105 cm³/mol. The van der Waals surface area contributed by atoms with Crippen molar-refractivity contribution in [3.05, 3.63) is 64.7 Å². The van der Waals surface area contributed by atoms with Gasteiger partial charge in [-0.3, -0.25) is 9.59 Å². The third kappa shape index (κ3) is 2.56. The van der Waals surface area contributed by atoms with Gasteiger partial charge in [0.2, 0.25) is 0 Å². The molecule has 2 aromatic carbocycles. The highest BCUT2D eigenvalue weighted by atomic mass is 16.5. The first-order chi connectivity index (χ1) is 13.4. The molecule has 0 spiro atoms. The topological polar surface area (TPSA) is 89.7 Å². The van der Waals surface area contributed by atoms with Crippen molar-refractivity contribution in [1.29, 1.82) is 0 Å². The fourth-order valence-corrected chi connectivity index (χ4v) is 4.40. The van der Waals surface area contributed by atoms with Crippen LogP contribution in [0.25, 0.3) is 0 Å². The Bertz CT molecular complexity index is 996. The number of ketones is 2. The van der Waals surface area contributed by atoms with Crippen molar-refractivity contribution in [1.82, 2.24) is 0 Å². The summed E-state index contributed by atoms with van der Waals surface area (Å²) in [6.45, 7) is 2.30. The second-order valence-corrected chi connectivity index (χ2v) is 7.53.